The van der Waals surface area contributed by atoms with Gasteiger partial charge in [0.2, 0.25) is 0 Å². The molecule has 0 unspecified atom stereocenters. The van der Waals surface area contributed by atoms with Gasteiger partial charge in [-0.15, -0.1) is 0 Å². The van der Waals surface area contributed by atoms with Crippen LogP contribution in [-0.4, -0.2) is 13.2 Å². The van der Waals surface area contributed by atoms with E-state index in [2.05, 4.69) is 5.32 Å². The third-order valence-electron chi connectivity index (χ3n) is 3.88. The van der Waals surface area contributed by atoms with E-state index in [4.69, 9.17) is 25.3 Å². The van der Waals surface area contributed by atoms with Crippen molar-refractivity contribution in [3.05, 3.63) is 65.4 Å². The van der Waals surface area contributed by atoms with Crippen molar-refractivity contribution in [2.24, 2.45) is 0 Å². The summed E-state index contributed by atoms with van der Waals surface area (Å²) < 4.78 is 11.0. The zero-order chi connectivity index (χ0) is 18.4. The highest BCUT2D eigenvalue weighted by Crippen LogP contribution is 2.27. The van der Waals surface area contributed by atoms with Crippen molar-refractivity contribution in [3.63, 3.8) is 0 Å². The largest absolute Gasteiger partial charge is 0.346 e. The Labute approximate surface area is 151 Å². The molecule has 2 aromatic carbocycles. The second kappa shape index (κ2) is 7.96. The fraction of sp³-hybridized carbons (Fsp3) is 0.150. The normalized spacial score (nSPS) is 13.3. The maximum Gasteiger partial charge on any atom is 0.184 e. The fourth-order valence-corrected chi connectivity index (χ4v) is 2.56. The second-order valence-electron chi connectivity index (χ2n) is 5.48. The van der Waals surface area contributed by atoms with Gasteiger partial charge in [-0.05, 0) is 23.3 Å². The summed E-state index contributed by atoms with van der Waals surface area (Å²) in [6, 6.07) is 20.5. The topological polar surface area (TPSA) is 102 Å². The maximum atomic E-state index is 9.08. The molecule has 1 heterocycles. The first-order valence-corrected chi connectivity index (χ1v) is 7.90. The summed E-state index contributed by atoms with van der Waals surface area (Å²) >= 11 is 0. The summed E-state index contributed by atoms with van der Waals surface area (Å²) in [7, 11) is 0. The number of nitrogens with zero attached hydrogens (tertiary/aromatic N) is 3. The molecule has 26 heavy (non-hydrogen) atoms. The van der Waals surface area contributed by atoms with E-state index in [9.17, 15) is 0 Å². The minimum atomic E-state index is -0.290. The van der Waals surface area contributed by atoms with Crippen molar-refractivity contribution < 1.29 is 9.47 Å². The number of rotatable bonds is 4. The van der Waals surface area contributed by atoms with E-state index in [0.29, 0.717) is 18.9 Å². The standard InChI is InChI=1S/C20H14N4O2/c21-11-17(12-22)19(13-23)24-18-7-5-15(6-8-18)14-1-3-16(4-2-14)20-25-9-10-26-20/h1-8,20,24H,9-10H2. The number of ether oxygens (including phenoxy) is 2. The van der Waals surface area contributed by atoms with Gasteiger partial charge in [0.15, 0.2) is 11.9 Å². The Bertz CT molecular complexity index is 920. The van der Waals surface area contributed by atoms with Crippen molar-refractivity contribution in [3.8, 4) is 29.3 Å². The second-order valence-corrected chi connectivity index (χ2v) is 5.48. The van der Waals surface area contributed by atoms with Crippen molar-refractivity contribution in [2.45, 2.75) is 6.29 Å². The molecule has 0 aliphatic carbocycles. The lowest BCUT2D eigenvalue weighted by molar-refractivity contribution is -0.0441. The predicted octanol–water partition coefficient (Wildman–Crippen LogP) is 3.64. The van der Waals surface area contributed by atoms with Gasteiger partial charge < -0.3 is 14.8 Å². The molecule has 0 amide bonds. The quantitative estimate of drug-likeness (QED) is 0.851. The number of benzene rings is 2. The van der Waals surface area contributed by atoms with Gasteiger partial charge in [0.1, 0.15) is 23.9 Å². The molecule has 0 spiro atoms. The average molecular weight is 342 g/mol. The molecule has 1 aliphatic rings. The van der Waals surface area contributed by atoms with Gasteiger partial charge in [0.25, 0.3) is 0 Å². The van der Waals surface area contributed by atoms with Gasteiger partial charge in [-0.3, -0.25) is 0 Å². The van der Waals surface area contributed by atoms with Crippen LogP contribution in [0.1, 0.15) is 11.9 Å². The van der Waals surface area contributed by atoms with Crippen molar-refractivity contribution in [1.82, 2.24) is 0 Å². The Morgan fingerprint density at radius 2 is 1.35 bits per heavy atom. The lowest BCUT2D eigenvalue weighted by Gasteiger charge is -2.10. The number of hydrogen-bond donors (Lipinski definition) is 1. The molecule has 2 aromatic rings. The summed E-state index contributed by atoms with van der Waals surface area (Å²) in [4.78, 5) is 0. The Hall–Kier alpha value is -3.63. The fourth-order valence-electron chi connectivity index (χ4n) is 2.56. The molecule has 1 N–H and O–H groups in total. The van der Waals surface area contributed by atoms with E-state index in [-0.39, 0.29) is 17.6 Å². The Morgan fingerprint density at radius 3 is 1.85 bits per heavy atom. The van der Waals surface area contributed by atoms with E-state index in [1.54, 1.807) is 24.3 Å². The number of nitriles is 3. The van der Waals surface area contributed by atoms with Crippen LogP contribution in [-0.2, 0) is 9.47 Å². The molecule has 0 saturated carbocycles. The molecule has 1 saturated heterocycles. The first kappa shape index (κ1) is 17.2. The van der Waals surface area contributed by atoms with E-state index in [1.165, 1.54) is 0 Å². The van der Waals surface area contributed by atoms with Crippen LogP contribution in [0.5, 0.6) is 0 Å². The highest BCUT2D eigenvalue weighted by Gasteiger charge is 2.17. The van der Waals surface area contributed by atoms with E-state index in [1.807, 2.05) is 42.5 Å². The van der Waals surface area contributed by atoms with Crippen LogP contribution in [0.4, 0.5) is 5.69 Å². The molecule has 6 heteroatoms. The van der Waals surface area contributed by atoms with Gasteiger partial charge in [0.05, 0.1) is 13.2 Å². The average Bonchev–Trinajstić information content (AvgIpc) is 3.23. The van der Waals surface area contributed by atoms with Gasteiger partial charge in [-0.25, -0.2) is 0 Å². The summed E-state index contributed by atoms with van der Waals surface area (Å²) in [5.74, 6) is 0. The number of nitrogens with one attached hydrogen (secondary N) is 1. The predicted molar refractivity (Wildman–Crippen MR) is 94.0 cm³/mol. The monoisotopic (exact) mass is 342 g/mol. The molecule has 1 fully saturated rings. The van der Waals surface area contributed by atoms with Crippen LogP contribution in [0.15, 0.2) is 59.8 Å². The molecule has 0 radical (unpaired) electrons. The Balaban J connectivity index is 1.76. The molecular weight excluding hydrogens is 328 g/mol. The summed E-state index contributed by atoms with van der Waals surface area (Å²) in [5, 5.41) is 29.6. The zero-order valence-corrected chi connectivity index (χ0v) is 13.8. The summed E-state index contributed by atoms with van der Waals surface area (Å²) in [5.41, 5.74) is 3.32. The highest BCUT2D eigenvalue weighted by molar-refractivity contribution is 5.68. The van der Waals surface area contributed by atoms with E-state index >= 15 is 0 Å². The molecule has 3 rings (SSSR count). The Morgan fingerprint density at radius 1 is 0.808 bits per heavy atom. The first-order chi connectivity index (χ1) is 12.7. The van der Waals surface area contributed by atoms with Crippen LogP contribution < -0.4 is 5.32 Å². The number of hydrogen-bond acceptors (Lipinski definition) is 6. The minimum absolute atomic E-state index is 0.0660. The van der Waals surface area contributed by atoms with Crippen LogP contribution in [0.2, 0.25) is 0 Å². The van der Waals surface area contributed by atoms with Crippen LogP contribution in [0.25, 0.3) is 11.1 Å². The van der Waals surface area contributed by atoms with E-state index < -0.39 is 0 Å². The Kier molecular flexibility index (Phi) is 5.27. The molecule has 0 aromatic heterocycles. The third-order valence-corrected chi connectivity index (χ3v) is 3.88. The van der Waals surface area contributed by atoms with Gasteiger partial charge in [0, 0.05) is 11.3 Å². The molecule has 6 nitrogen and oxygen atoms in total. The van der Waals surface area contributed by atoms with Crippen molar-refractivity contribution in [2.75, 3.05) is 18.5 Å². The zero-order valence-electron chi connectivity index (χ0n) is 13.8. The van der Waals surface area contributed by atoms with Crippen LogP contribution >= 0.6 is 0 Å². The van der Waals surface area contributed by atoms with E-state index in [0.717, 1.165) is 16.7 Å². The molecule has 0 atom stereocenters. The molecule has 1 aliphatic heterocycles. The summed E-state index contributed by atoms with van der Waals surface area (Å²) in [6.45, 7) is 1.22. The van der Waals surface area contributed by atoms with Gasteiger partial charge >= 0.3 is 0 Å². The summed E-state index contributed by atoms with van der Waals surface area (Å²) in [6.07, 6.45) is -0.290. The number of allylic oxidation sites excluding steroid dienone is 2. The first-order valence-electron chi connectivity index (χ1n) is 7.90. The SMILES string of the molecule is N#CC(C#N)=C(C#N)Nc1ccc(-c2ccc(C3OCCO3)cc2)cc1. The maximum absolute atomic E-state index is 9.08. The smallest absolute Gasteiger partial charge is 0.184 e. The number of anilines is 1. The van der Waals surface area contributed by atoms with Gasteiger partial charge in [-0.1, -0.05) is 36.4 Å². The van der Waals surface area contributed by atoms with Crippen LogP contribution in [0.3, 0.4) is 0 Å². The highest BCUT2D eigenvalue weighted by atomic mass is 16.7. The molecule has 0 bridgehead atoms. The van der Waals surface area contributed by atoms with Crippen molar-refractivity contribution in [1.29, 1.82) is 15.8 Å². The van der Waals surface area contributed by atoms with Crippen LogP contribution in [0, 0.1) is 34.0 Å². The third kappa shape index (κ3) is 3.71. The van der Waals surface area contributed by atoms with Gasteiger partial charge in [-0.2, -0.15) is 15.8 Å². The minimum Gasteiger partial charge on any atom is -0.346 e. The van der Waals surface area contributed by atoms with Crippen molar-refractivity contribution >= 4 is 5.69 Å². The lowest BCUT2D eigenvalue weighted by Crippen LogP contribution is -2.00. The lowest BCUT2D eigenvalue weighted by atomic mass is 10.0. The molecule has 126 valence electrons. The molecular formula is C20H14N4O2.